The highest BCUT2D eigenvalue weighted by Crippen LogP contribution is 2.24. The molecule has 1 aromatic carbocycles. The fraction of sp³-hybridized carbons (Fsp3) is 0.222. The molecular formula is C9H10ClFN2O3S. The molecule has 0 radical (unpaired) electrons. The summed E-state index contributed by atoms with van der Waals surface area (Å²) in [7, 11) is -4.10. The Bertz CT molecular complexity index is 560. The first kappa shape index (κ1) is 13.9. The van der Waals surface area contributed by atoms with Gasteiger partial charge in [-0.2, -0.15) is 0 Å². The van der Waals surface area contributed by atoms with Gasteiger partial charge in [0.25, 0.3) is 5.91 Å². The van der Waals surface area contributed by atoms with Gasteiger partial charge in [-0.05, 0) is 19.1 Å². The molecule has 3 N–H and O–H groups in total. The summed E-state index contributed by atoms with van der Waals surface area (Å²) in [4.78, 5) is 10.9. The van der Waals surface area contributed by atoms with Crippen LogP contribution in [0, 0.1) is 5.82 Å². The molecule has 17 heavy (non-hydrogen) atoms. The van der Waals surface area contributed by atoms with Crippen LogP contribution in [-0.2, 0) is 10.0 Å². The van der Waals surface area contributed by atoms with Gasteiger partial charge in [0.2, 0.25) is 10.0 Å². The van der Waals surface area contributed by atoms with Gasteiger partial charge in [-0.15, -0.1) is 0 Å². The van der Waals surface area contributed by atoms with Gasteiger partial charge in [0, 0.05) is 6.54 Å². The van der Waals surface area contributed by atoms with E-state index < -0.39 is 32.2 Å². The largest absolute Gasteiger partial charge is 0.352 e. The molecule has 0 bridgehead atoms. The average Bonchev–Trinajstić information content (AvgIpc) is 2.15. The standard InChI is InChI=1S/C9H10ClFN2O3S/c1-2-13-9(14)5-3-8(17(12,15)16)6(10)4-7(5)11/h3-4H,2H2,1H3,(H,13,14)(H2,12,15,16). The van der Waals surface area contributed by atoms with Gasteiger partial charge < -0.3 is 5.32 Å². The van der Waals surface area contributed by atoms with E-state index in [9.17, 15) is 17.6 Å². The Morgan fingerprint density at radius 2 is 2.12 bits per heavy atom. The summed E-state index contributed by atoms with van der Waals surface area (Å²) in [6.45, 7) is 1.93. The second kappa shape index (κ2) is 4.99. The van der Waals surface area contributed by atoms with Gasteiger partial charge in [-0.25, -0.2) is 17.9 Å². The fourth-order valence-electron chi connectivity index (χ4n) is 1.18. The van der Waals surface area contributed by atoms with Crippen LogP contribution in [0.2, 0.25) is 5.02 Å². The Kier molecular flexibility index (Phi) is 4.07. The van der Waals surface area contributed by atoms with Crippen LogP contribution in [0.1, 0.15) is 17.3 Å². The van der Waals surface area contributed by atoms with Crippen molar-refractivity contribution in [3.05, 3.63) is 28.5 Å². The van der Waals surface area contributed by atoms with Crippen molar-refractivity contribution in [2.45, 2.75) is 11.8 Å². The van der Waals surface area contributed by atoms with Crippen LogP contribution in [-0.4, -0.2) is 20.9 Å². The molecule has 0 spiro atoms. The molecule has 0 aliphatic carbocycles. The number of carbonyl (C=O) groups is 1. The second-order valence-electron chi connectivity index (χ2n) is 3.17. The molecule has 5 nitrogen and oxygen atoms in total. The molecule has 0 unspecified atom stereocenters. The smallest absolute Gasteiger partial charge is 0.254 e. The Morgan fingerprint density at radius 3 is 2.59 bits per heavy atom. The molecule has 1 rings (SSSR count). The van der Waals surface area contributed by atoms with E-state index >= 15 is 0 Å². The molecule has 0 fully saturated rings. The number of halogens is 2. The third kappa shape index (κ3) is 3.15. The summed E-state index contributed by atoms with van der Waals surface area (Å²) >= 11 is 5.54. The molecule has 0 aliphatic heterocycles. The monoisotopic (exact) mass is 280 g/mol. The molecule has 0 aliphatic rings. The normalized spacial score (nSPS) is 11.3. The number of hydrogen-bond acceptors (Lipinski definition) is 3. The number of hydrogen-bond donors (Lipinski definition) is 2. The van der Waals surface area contributed by atoms with Gasteiger partial charge in [0.05, 0.1) is 10.6 Å². The van der Waals surface area contributed by atoms with Crippen LogP contribution in [0.25, 0.3) is 0 Å². The number of nitrogens with one attached hydrogen (secondary N) is 1. The van der Waals surface area contributed by atoms with Crippen LogP contribution < -0.4 is 10.5 Å². The summed E-state index contributed by atoms with van der Waals surface area (Å²) in [6.07, 6.45) is 0. The number of amides is 1. The van der Waals surface area contributed by atoms with E-state index in [-0.39, 0.29) is 11.6 Å². The summed E-state index contributed by atoms with van der Waals surface area (Å²) in [5.74, 6) is -1.64. The lowest BCUT2D eigenvalue weighted by Crippen LogP contribution is -2.24. The Morgan fingerprint density at radius 1 is 1.53 bits per heavy atom. The van der Waals surface area contributed by atoms with Gasteiger partial charge in [-0.1, -0.05) is 11.6 Å². The van der Waals surface area contributed by atoms with Crippen LogP contribution in [0.3, 0.4) is 0 Å². The van der Waals surface area contributed by atoms with E-state index in [2.05, 4.69) is 5.32 Å². The van der Waals surface area contributed by atoms with Crippen molar-refractivity contribution in [1.29, 1.82) is 0 Å². The maximum absolute atomic E-state index is 13.4. The Balaban J connectivity index is 3.39. The topological polar surface area (TPSA) is 89.3 Å². The lowest BCUT2D eigenvalue weighted by molar-refractivity contribution is 0.0951. The first-order valence-electron chi connectivity index (χ1n) is 4.57. The third-order valence-electron chi connectivity index (χ3n) is 1.91. The van der Waals surface area contributed by atoms with E-state index in [4.69, 9.17) is 16.7 Å². The molecule has 1 aromatic rings. The summed E-state index contributed by atoms with van der Waals surface area (Å²) < 4.78 is 35.7. The summed E-state index contributed by atoms with van der Waals surface area (Å²) in [6, 6.07) is 1.56. The van der Waals surface area contributed by atoms with Crippen molar-refractivity contribution in [1.82, 2.24) is 5.32 Å². The zero-order chi connectivity index (χ0) is 13.2. The fourth-order valence-corrected chi connectivity index (χ4v) is 2.26. The molecule has 8 heteroatoms. The highest BCUT2D eigenvalue weighted by Gasteiger charge is 2.20. The van der Waals surface area contributed by atoms with Crippen LogP contribution in [0.4, 0.5) is 4.39 Å². The first-order chi connectivity index (χ1) is 7.77. The Labute approximate surface area is 103 Å². The van der Waals surface area contributed by atoms with Crippen LogP contribution in [0.15, 0.2) is 17.0 Å². The van der Waals surface area contributed by atoms with Crippen LogP contribution >= 0.6 is 11.6 Å². The first-order valence-corrected chi connectivity index (χ1v) is 6.49. The molecule has 94 valence electrons. The zero-order valence-corrected chi connectivity index (χ0v) is 10.4. The number of primary sulfonamides is 1. The van der Waals surface area contributed by atoms with Gasteiger partial charge in [0.15, 0.2) is 0 Å². The number of sulfonamides is 1. The van der Waals surface area contributed by atoms with Crippen molar-refractivity contribution in [3.8, 4) is 0 Å². The third-order valence-corrected chi connectivity index (χ3v) is 3.29. The highest BCUT2D eigenvalue weighted by molar-refractivity contribution is 7.89. The molecule has 0 saturated carbocycles. The van der Waals surface area contributed by atoms with Crippen molar-refractivity contribution in [3.63, 3.8) is 0 Å². The lowest BCUT2D eigenvalue weighted by atomic mass is 10.2. The maximum atomic E-state index is 13.4. The van der Waals surface area contributed by atoms with E-state index in [0.29, 0.717) is 0 Å². The Hall–Kier alpha value is -1.18. The van der Waals surface area contributed by atoms with Crippen molar-refractivity contribution in [2.75, 3.05) is 6.54 Å². The van der Waals surface area contributed by atoms with Crippen molar-refractivity contribution in [2.24, 2.45) is 5.14 Å². The number of benzene rings is 1. The van der Waals surface area contributed by atoms with Crippen LogP contribution in [0.5, 0.6) is 0 Å². The molecule has 0 heterocycles. The molecule has 0 saturated heterocycles. The summed E-state index contributed by atoms with van der Waals surface area (Å²) in [5, 5.41) is 6.86. The minimum Gasteiger partial charge on any atom is -0.352 e. The van der Waals surface area contributed by atoms with Crippen molar-refractivity contribution >= 4 is 27.5 Å². The van der Waals surface area contributed by atoms with E-state index in [1.165, 1.54) is 0 Å². The average molecular weight is 281 g/mol. The molecule has 1 amide bonds. The zero-order valence-electron chi connectivity index (χ0n) is 8.83. The minimum absolute atomic E-state index is 0.283. The number of rotatable bonds is 3. The number of carbonyl (C=O) groups excluding carboxylic acids is 1. The predicted octanol–water partition coefficient (Wildman–Crippen LogP) is 0.876. The lowest BCUT2D eigenvalue weighted by Gasteiger charge is -2.07. The SMILES string of the molecule is CCNC(=O)c1cc(S(N)(=O)=O)c(Cl)cc1F. The van der Waals surface area contributed by atoms with E-state index in [1.54, 1.807) is 6.92 Å². The summed E-state index contributed by atoms with van der Waals surface area (Å²) in [5.41, 5.74) is -0.416. The highest BCUT2D eigenvalue weighted by atomic mass is 35.5. The maximum Gasteiger partial charge on any atom is 0.254 e. The minimum atomic E-state index is -4.10. The second-order valence-corrected chi connectivity index (χ2v) is 5.10. The van der Waals surface area contributed by atoms with Crippen molar-refractivity contribution < 1.29 is 17.6 Å². The van der Waals surface area contributed by atoms with Gasteiger partial charge in [-0.3, -0.25) is 4.79 Å². The quantitative estimate of drug-likeness (QED) is 0.861. The predicted molar refractivity (Wildman–Crippen MR) is 60.8 cm³/mol. The van der Waals surface area contributed by atoms with Gasteiger partial charge in [0.1, 0.15) is 10.7 Å². The molecular weight excluding hydrogens is 271 g/mol. The molecule has 0 aromatic heterocycles. The number of nitrogens with two attached hydrogens (primary N) is 1. The van der Waals surface area contributed by atoms with E-state index in [1.807, 2.05) is 0 Å². The van der Waals surface area contributed by atoms with E-state index in [0.717, 1.165) is 12.1 Å². The van der Waals surface area contributed by atoms with Gasteiger partial charge >= 0.3 is 0 Å². The molecule has 0 atom stereocenters.